The number of rotatable bonds is 4. The maximum absolute atomic E-state index is 12.7. The zero-order chi connectivity index (χ0) is 15.6. The van der Waals surface area contributed by atoms with E-state index in [0.717, 1.165) is 5.56 Å². The van der Waals surface area contributed by atoms with Crippen LogP contribution in [-0.2, 0) is 11.3 Å². The van der Waals surface area contributed by atoms with Crippen molar-refractivity contribution in [1.29, 1.82) is 0 Å². The summed E-state index contributed by atoms with van der Waals surface area (Å²) in [5, 5.41) is 12.7. The molecule has 6 heteroatoms. The van der Waals surface area contributed by atoms with Gasteiger partial charge in [0.05, 0.1) is 0 Å². The first-order valence-electron chi connectivity index (χ1n) is 6.87. The molecule has 0 radical (unpaired) electrons. The summed E-state index contributed by atoms with van der Waals surface area (Å²) < 4.78 is 0. The second-order valence-corrected chi connectivity index (χ2v) is 6.31. The highest BCUT2D eigenvalue weighted by Crippen LogP contribution is 2.47. The Morgan fingerprint density at radius 3 is 2.76 bits per heavy atom. The maximum atomic E-state index is 12.7. The van der Waals surface area contributed by atoms with Gasteiger partial charge in [0.25, 0.3) is 0 Å². The Hall–Kier alpha value is -1.75. The molecule has 1 saturated carbocycles. The van der Waals surface area contributed by atoms with Crippen LogP contribution >= 0.6 is 11.6 Å². The molecule has 1 aliphatic rings. The Kier molecular flexibility index (Phi) is 4.42. The number of carbonyl (C=O) groups excluding carboxylic acids is 1. The van der Waals surface area contributed by atoms with Gasteiger partial charge < -0.3 is 15.8 Å². The van der Waals surface area contributed by atoms with E-state index in [1.54, 1.807) is 18.0 Å². The largest absolute Gasteiger partial charge is 0.409 e. The van der Waals surface area contributed by atoms with Crippen molar-refractivity contribution in [3.8, 4) is 0 Å². The van der Waals surface area contributed by atoms with Crippen molar-refractivity contribution in [2.24, 2.45) is 22.2 Å². The quantitative estimate of drug-likeness (QED) is 0.388. The number of nitrogens with two attached hydrogens (primary N) is 1. The molecule has 21 heavy (non-hydrogen) atoms. The van der Waals surface area contributed by atoms with Gasteiger partial charge in [-0.15, -0.1) is 0 Å². The van der Waals surface area contributed by atoms with E-state index >= 15 is 0 Å². The fourth-order valence-corrected chi connectivity index (χ4v) is 3.28. The molecule has 1 amide bonds. The normalized spacial score (nSPS) is 25.3. The minimum absolute atomic E-state index is 0.00328. The molecule has 0 saturated heterocycles. The summed E-state index contributed by atoms with van der Waals surface area (Å²) in [6, 6.07) is 7.37. The SMILES string of the molecule is CC1CC(C(=O)N(C)Cc2cccc(Cl)c2)(/C(N)=N/O)C1. The summed E-state index contributed by atoms with van der Waals surface area (Å²) >= 11 is 5.95. The molecule has 0 heterocycles. The van der Waals surface area contributed by atoms with Gasteiger partial charge in [0.15, 0.2) is 5.84 Å². The Morgan fingerprint density at radius 2 is 2.24 bits per heavy atom. The van der Waals surface area contributed by atoms with Crippen molar-refractivity contribution in [3.63, 3.8) is 0 Å². The first-order chi connectivity index (χ1) is 9.89. The van der Waals surface area contributed by atoms with Crippen LogP contribution in [0.2, 0.25) is 5.02 Å². The summed E-state index contributed by atoms with van der Waals surface area (Å²) in [6.45, 7) is 2.49. The minimum atomic E-state index is -0.860. The van der Waals surface area contributed by atoms with E-state index in [2.05, 4.69) is 5.16 Å². The zero-order valence-electron chi connectivity index (χ0n) is 12.2. The number of hydrogen-bond acceptors (Lipinski definition) is 3. The second-order valence-electron chi connectivity index (χ2n) is 5.87. The Labute approximate surface area is 129 Å². The predicted octanol–water partition coefficient (Wildman–Crippen LogP) is 2.46. The van der Waals surface area contributed by atoms with Gasteiger partial charge in [-0.2, -0.15) is 0 Å². The van der Waals surface area contributed by atoms with Crippen LogP contribution in [0.25, 0.3) is 0 Å². The minimum Gasteiger partial charge on any atom is -0.409 e. The van der Waals surface area contributed by atoms with Gasteiger partial charge in [-0.25, -0.2) is 0 Å². The lowest BCUT2D eigenvalue weighted by Gasteiger charge is -2.45. The molecule has 1 aromatic carbocycles. The fourth-order valence-electron chi connectivity index (χ4n) is 3.07. The highest BCUT2D eigenvalue weighted by molar-refractivity contribution is 6.30. The highest BCUT2D eigenvalue weighted by Gasteiger charge is 2.53. The van der Waals surface area contributed by atoms with Crippen molar-refractivity contribution in [2.75, 3.05) is 7.05 Å². The van der Waals surface area contributed by atoms with Crippen molar-refractivity contribution < 1.29 is 10.0 Å². The van der Waals surface area contributed by atoms with Crippen LogP contribution in [0, 0.1) is 11.3 Å². The van der Waals surface area contributed by atoms with Gasteiger partial charge in [0.1, 0.15) is 5.41 Å². The molecule has 0 atom stereocenters. The molecular formula is C15H20ClN3O2. The van der Waals surface area contributed by atoms with E-state index in [0.29, 0.717) is 30.3 Å². The van der Waals surface area contributed by atoms with Gasteiger partial charge in [-0.05, 0) is 36.5 Å². The van der Waals surface area contributed by atoms with Gasteiger partial charge in [-0.1, -0.05) is 35.8 Å². The van der Waals surface area contributed by atoms with E-state index in [1.807, 2.05) is 25.1 Å². The molecule has 2 rings (SSSR count). The summed E-state index contributed by atoms with van der Waals surface area (Å²) in [4.78, 5) is 14.3. The predicted molar refractivity (Wildman–Crippen MR) is 82.2 cm³/mol. The lowest BCUT2D eigenvalue weighted by Crippen LogP contribution is -2.56. The van der Waals surface area contributed by atoms with Crippen LogP contribution < -0.4 is 5.73 Å². The molecule has 0 unspecified atom stereocenters. The van der Waals surface area contributed by atoms with E-state index in [1.165, 1.54) is 0 Å². The van der Waals surface area contributed by atoms with Crippen LogP contribution in [0.3, 0.4) is 0 Å². The number of amides is 1. The molecule has 1 aliphatic carbocycles. The fraction of sp³-hybridized carbons (Fsp3) is 0.467. The average Bonchev–Trinajstić information content (AvgIpc) is 2.42. The molecule has 0 aromatic heterocycles. The molecule has 114 valence electrons. The van der Waals surface area contributed by atoms with Crippen LogP contribution in [0.1, 0.15) is 25.3 Å². The topological polar surface area (TPSA) is 78.9 Å². The van der Waals surface area contributed by atoms with E-state index in [4.69, 9.17) is 22.5 Å². The summed E-state index contributed by atoms with van der Waals surface area (Å²) in [6.07, 6.45) is 1.23. The standard InChI is InChI=1S/C15H20ClN3O2/c1-10-7-15(8-10,13(17)18-21)14(20)19(2)9-11-4-3-5-12(16)6-11/h3-6,10,21H,7-9H2,1-2H3,(H2,17,18). The van der Waals surface area contributed by atoms with Gasteiger partial charge in [-0.3, -0.25) is 4.79 Å². The lowest BCUT2D eigenvalue weighted by atomic mass is 9.61. The molecule has 1 fully saturated rings. The van der Waals surface area contributed by atoms with Crippen molar-refractivity contribution >= 4 is 23.3 Å². The average molecular weight is 310 g/mol. The third-order valence-electron chi connectivity index (χ3n) is 4.06. The van der Waals surface area contributed by atoms with Crippen LogP contribution in [0.5, 0.6) is 0 Å². The number of carbonyl (C=O) groups is 1. The molecular weight excluding hydrogens is 290 g/mol. The third-order valence-corrected chi connectivity index (χ3v) is 4.29. The maximum Gasteiger partial charge on any atom is 0.236 e. The van der Waals surface area contributed by atoms with Gasteiger partial charge >= 0.3 is 0 Å². The van der Waals surface area contributed by atoms with Crippen molar-refractivity contribution in [2.45, 2.75) is 26.3 Å². The Morgan fingerprint density at radius 1 is 1.57 bits per heavy atom. The van der Waals surface area contributed by atoms with Crippen LogP contribution in [-0.4, -0.2) is 28.9 Å². The number of hydrogen-bond donors (Lipinski definition) is 2. The molecule has 3 N–H and O–H groups in total. The monoisotopic (exact) mass is 309 g/mol. The highest BCUT2D eigenvalue weighted by atomic mass is 35.5. The number of nitrogens with zero attached hydrogens (tertiary/aromatic N) is 2. The van der Waals surface area contributed by atoms with Crippen molar-refractivity contribution in [3.05, 3.63) is 34.9 Å². The van der Waals surface area contributed by atoms with Crippen molar-refractivity contribution in [1.82, 2.24) is 4.90 Å². The third kappa shape index (κ3) is 2.97. The first-order valence-corrected chi connectivity index (χ1v) is 7.25. The summed E-state index contributed by atoms with van der Waals surface area (Å²) in [5.74, 6) is 0.285. The van der Waals surface area contributed by atoms with Crippen LogP contribution in [0.15, 0.2) is 29.4 Å². The summed E-state index contributed by atoms with van der Waals surface area (Å²) in [5.41, 5.74) is 5.85. The zero-order valence-corrected chi connectivity index (χ0v) is 13.0. The summed E-state index contributed by atoms with van der Waals surface area (Å²) in [7, 11) is 1.72. The molecule has 1 aromatic rings. The van der Waals surface area contributed by atoms with E-state index < -0.39 is 5.41 Å². The lowest BCUT2D eigenvalue weighted by molar-refractivity contribution is -0.143. The van der Waals surface area contributed by atoms with Crippen LogP contribution in [0.4, 0.5) is 0 Å². The van der Waals surface area contributed by atoms with Gasteiger partial charge in [0.2, 0.25) is 5.91 Å². The second kappa shape index (κ2) is 5.93. The molecule has 0 aliphatic heterocycles. The Bertz CT molecular complexity index is 568. The number of amidine groups is 1. The van der Waals surface area contributed by atoms with E-state index in [-0.39, 0.29) is 11.7 Å². The Balaban J connectivity index is 2.14. The molecule has 5 nitrogen and oxygen atoms in total. The number of benzene rings is 1. The molecule has 0 bridgehead atoms. The first kappa shape index (κ1) is 15.6. The van der Waals surface area contributed by atoms with Gasteiger partial charge in [0, 0.05) is 18.6 Å². The molecule has 0 spiro atoms. The smallest absolute Gasteiger partial charge is 0.236 e. The number of halogens is 1. The van der Waals surface area contributed by atoms with E-state index in [9.17, 15) is 4.79 Å². The number of oxime groups is 1.